The van der Waals surface area contributed by atoms with Crippen molar-refractivity contribution in [2.75, 3.05) is 12.4 Å². The van der Waals surface area contributed by atoms with Crippen molar-refractivity contribution in [3.63, 3.8) is 0 Å². The molecule has 2 heteroatoms. The lowest BCUT2D eigenvalue weighted by Crippen LogP contribution is -2.27. The summed E-state index contributed by atoms with van der Waals surface area (Å²) < 4.78 is 0. The molecule has 1 N–H and O–H groups in total. The van der Waals surface area contributed by atoms with Crippen molar-refractivity contribution < 1.29 is 0 Å². The van der Waals surface area contributed by atoms with Crippen LogP contribution < -0.4 is 5.32 Å². The van der Waals surface area contributed by atoms with Crippen LogP contribution in [0.1, 0.15) is 65.2 Å². The van der Waals surface area contributed by atoms with E-state index in [4.69, 9.17) is 11.6 Å². The summed E-state index contributed by atoms with van der Waals surface area (Å²) in [7, 11) is 0. The highest BCUT2D eigenvalue weighted by Gasteiger charge is 1.98. The predicted octanol–water partition coefficient (Wildman–Crippen LogP) is 4.34. The monoisotopic (exact) mass is 233 g/mol. The number of halogens is 1. The summed E-state index contributed by atoms with van der Waals surface area (Å²) in [6, 6.07) is 0.586. The van der Waals surface area contributed by atoms with Gasteiger partial charge >= 0.3 is 0 Å². The van der Waals surface area contributed by atoms with Crippen LogP contribution in [-0.2, 0) is 0 Å². The van der Waals surface area contributed by atoms with Crippen LogP contribution in [0.2, 0.25) is 0 Å². The van der Waals surface area contributed by atoms with Gasteiger partial charge in [-0.15, -0.1) is 11.6 Å². The molecule has 0 saturated heterocycles. The smallest absolute Gasteiger partial charge is 0.0238 e. The minimum atomic E-state index is 0.586. The SMILES string of the molecule is CCCCCCCCCNC(C)CCCl. The van der Waals surface area contributed by atoms with Crippen molar-refractivity contribution in [3.05, 3.63) is 0 Å². The zero-order chi connectivity index (χ0) is 11.4. The lowest BCUT2D eigenvalue weighted by atomic mass is 10.1. The number of hydrogen-bond acceptors (Lipinski definition) is 1. The van der Waals surface area contributed by atoms with E-state index in [1.165, 1.54) is 44.9 Å². The molecule has 0 fully saturated rings. The molecule has 0 heterocycles. The van der Waals surface area contributed by atoms with Gasteiger partial charge in [-0.3, -0.25) is 0 Å². The van der Waals surface area contributed by atoms with Crippen molar-refractivity contribution >= 4 is 11.6 Å². The van der Waals surface area contributed by atoms with Gasteiger partial charge in [0.25, 0.3) is 0 Å². The first-order chi connectivity index (χ1) is 7.31. The normalized spacial score (nSPS) is 13.0. The summed E-state index contributed by atoms with van der Waals surface area (Å²) in [6.45, 7) is 5.64. The molecule has 0 aliphatic rings. The predicted molar refractivity (Wildman–Crippen MR) is 70.8 cm³/mol. The Morgan fingerprint density at radius 2 is 1.60 bits per heavy atom. The molecule has 0 aliphatic heterocycles. The van der Waals surface area contributed by atoms with Crippen molar-refractivity contribution in [1.82, 2.24) is 5.32 Å². The van der Waals surface area contributed by atoms with Crippen LogP contribution >= 0.6 is 11.6 Å². The van der Waals surface area contributed by atoms with Crippen LogP contribution in [-0.4, -0.2) is 18.5 Å². The van der Waals surface area contributed by atoms with Gasteiger partial charge in [0.2, 0.25) is 0 Å². The Bertz CT molecular complexity index is 117. The minimum Gasteiger partial charge on any atom is -0.314 e. The summed E-state index contributed by atoms with van der Waals surface area (Å²) in [5, 5.41) is 3.50. The van der Waals surface area contributed by atoms with Crippen molar-refractivity contribution in [2.24, 2.45) is 0 Å². The van der Waals surface area contributed by atoms with E-state index >= 15 is 0 Å². The van der Waals surface area contributed by atoms with E-state index < -0.39 is 0 Å². The van der Waals surface area contributed by atoms with E-state index in [2.05, 4.69) is 19.2 Å². The molecule has 1 nitrogen and oxygen atoms in total. The molecule has 0 radical (unpaired) electrons. The minimum absolute atomic E-state index is 0.586. The third kappa shape index (κ3) is 12.2. The van der Waals surface area contributed by atoms with Gasteiger partial charge in [-0.25, -0.2) is 0 Å². The molecule has 0 amide bonds. The van der Waals surface area contributed by atoms with Crippen LogP contribution in [0.15, 0.2) is 0 Å². The molecule has 0 aliphatic carbocycles. The maximum atomic E-state index is 5.67. The summed E-state index contributed by atoms with van der Waals surface area (Å²) in [5.41, 5.74) is 0. The van der Waals surface area contributed by atoms with Crippen LogP contribution in [0.25, 0.3) is 0 Å². The molecular weight excluding hydrogens is 206 g/mol. The topological polar surface area (TPSA) is 12.0 Å². The van der Waals surface area contributed by atoms with E-state index in [9.17, 15) is 0 Å². The van der Waals surface area contributed by atoms with E-state index in [-0.39, 0.29) is 0 Å². The summed E-state index contributed by atoms with van der Waals surface area (Å²) in [5.74, 6) is 0.769. The summed E-state index contributed by atoms with van der Waals surface area (Å²) in [6.07, 6.45) is 10.8. The first-order valence-corrected chi connectivity index (χ1v) is 7.14. The molecule has 0 spiro atoms. The number of hydrogen-bond donors (Lipinski definition) is 1. The second-order valence-electron chi connectivity index (χ2n) is 4.45. The van der Waals surface area contributed by atoms with E-state index in [1.807, 2.05) is 0 Å². The van der Waals surface area contributed by atoms with Gasteiger partial charge in [-0.2, -0.15) is 0 Å². The Morgan fingerprint density at radius 3 is 2.20 bits per heavy atom. The lowest BCUT2D eigenvalue weighted by Gasteiger charge is -2.11. The van der Waals surface area contributed by atoms with Gasteiger partial charge in [-0.1, -0.05) is 45.4 Å². The fourth-order valence-electron chi connectivity index (χ4n) is 1.70. The molecule has 15 heavy (non-hydrogen) atoms. The van der Waals surface area contributed by atoms with Crippen LogP contribution in [0.3, 0.4) is 0 Å². The number of rotatable bonds is 11. The van der Waals surface area contributed by atoms with Gasteiger partial charge in [0.05, 0.1) is 0 Å². The molecule has 0 rings (SSSR count). The summed E-state index contributed by atoms with van der Waals surface area (Å²) >= 11 is 5.67. The first kappa shape index (κ1) is 15.2. The number of unbranched alkanes of at least 4 members (excludes halogenated alkanes) is 6. The third-order valence-corrected chi connectivity index (χ3v) is 3.03. The van der Waals surface area contributed by atoms with Crippen LogP contribution in [0.4, 0.5) is 0 Å². The molecule has 92 valence electrons. The maximum absolute atomic E-state index is 5.67. The van der Waals surface area contributed by atoms with Gasteiger partial charge in [0.1, 0.15) is 0 Å². The molecule has 0 aromatic carbocycles. The number of nitrogens with one attached hydrogen (secondary N) is 1. The highest BCUT2D eigenvalue weighted by Crippen LogP contribution is 2.06. The van der Waals surface area contributed by atoms with Gasteiger partial charge in [0, 0.05) is 11.9 Å². The Kier molecular flexibility index (Phi) is 12.5. The zero-order valence-electron chi connectivity index (χ0n) is 10.5. The van der Waals surface area contributed by atoms with E-state index in [0.29, 0.717) is 6.04 Å². The molecule has 0 aromatic rings. The first-order valence-electron chi connectivity index (χ1n) is 6.60. The largest absolute Gasteiger partial charge is 0.314 e. The van der Waals surface area contributed by atoms with Crippen molar-refractivity contribution in [2.45, 2.75) is 71.3 Å². The Labute approximate surface area is 101 Å². The third-order valence-electron chi connectivity index (χ3n) is 2.82. The standard InChI is InChI=1S/C13H28ClN/c1-3-4-5-6-7-8-9-12-15-13(2)10-11-14/h13,15H,3-12H2,1-2H3. The highest BCUT2D eigenvalue weighted by atomic mass is 35.5. The molecular formula is C13H28ClN. The molecule has 1 atom stereocenters. The Balaban J connectivity index is 2.98. The van der Waals surface area contributed by atoms with E-state index in [1.54, 1.807) is 0 Å². The van der Waals surface area contributed by atoms with Crippen molar-refractivity contribution in [3.8, 4) is 0 Å². The van der Waals surface area contributed by atoms with Gasteiger partial charge in [0.15, 0.2) is 0 Å². The van der Waals surface area contributed by atoms with Crippen molar-refractivity contribution in [1.29, 1.82) is 0 Å². The fourth-order valence-corrected chi connectivity index (χ4v) is 2.02. The Hall–Kier alpha value is 0.250. The van der Waals surface area contributed by atoms with Gasteiger partial charge < -0.3 is 5.32 Å². The average Bonchev–Trinajstić information content (AvgIpc) is 2.22. The quantitative estimate of drug-likeness (QED) is 0.414. The highest BCUT2D eigenvalue weighted by molar-refractivity contribution is 6.17. The molecule has 0 saturated carbocycles. The lowest BCUT2D eigenvalue weighted by molar-refractivity contribution is 0.504. The summed E-state index contributed by atoms with van der Waals surface area (Å²) in [4.78, 5) is 0. The zero-order valence-corrected chi connectivity index (χ0v) is 11.3. The number of alkyl halides is 1. The maximum Gasteiger partial charge on any atom is 0.0238 e. The second-order valence-corrected chi connectivity index (χ2v) is 4.83. The fraction of sp³-hybridized carbons (Fsp3) is 1.00. The molecule has 1 unspecified atom stereocenters. The van der Waals surface area contributed by atoms with E-state index in [0.717, 1.165) is 18.8 Å². The molecule has 0 aromatic heterocycles. The second kappa shape index (κ2) is 12.3. The molecule has 0 bridgehead atoms. The van der Waals surface area contributed by atoms with Crippen LogP contribution in [0, 0.1) is 0 Å². The van der Waals surface area contributed by atoms with Gasteiger partial charge in [-0.05, 0) is 26.3 Å². The Morgan fingerprint density at radius 1 is 1.00 bits per heavy atom. The van der Waals surface area contributed by atoms with Crippen LogP contribution in [0.5, 0.6) is 0 Å². The average molecular weight is 234 g/mol.